The van der Waals surface area contributed by atoms with E-state index < -0.39 is 11.9 Å². The Morgan fingerprint density at radius 1 is 1.29 bits per heavy atom. The molecule has 3 atom stereocenters. The van der Waals surface area contributed by atoms with Gasteiger partial charge in [0, 0.05) is 50.0 Å². The normalized spacial score (nSPS) is 20.4. The van der Waals surface area contributed by atoms with Crippen LogP contribution in [0.2, 0.25) is 0 Å². The molecule has 4 rings (SSSR count). The lowest BCUT2D eigenvalue weighted by Gasteiger charge is -2.29. The first-order valence-corrected chi connectivity index (χ1v) is 13.1. The number of carbonyl (C=O) groups excluding carboxylic acids is 1. The zero-order chi connectivity index (χ0) is 27.1. The summed E-state index contributed by atoms with van der Waals surface area (Å²) in [7, 11) is 1.54. The van der Waals surface area contributed by atoms with Gasteiger partial charge in [-0.15, -0.1) is 0 Å². The lowest BCUT2D eigenvalue weighted by atomic mass is 9.83. The number of ether oxygens (including phenoxy) is 3. The summed E-state index contributed by atoms with van der Waals surface area (Å²) >= 11 is 0. The Balaban J connectivity index is 1.64. The van der Waals surface area contributed by atoms with Gasteiger partial charge in [0.25, 0.3) is 0 Å². The molecule has 206 valence electrons. The van der Waals surface area contributed by atoms with Crippen molar-refractivity contribution >= 4 is 11.9 Å². The Labute approximate surface area is 222 Å². The summed E-state index contributed by atoms with van der Waals surface area (Å²) in [5.41, 5.74) is 7.40. The lowest BCUT2D eigenvalue weighted by Crippen LogP contribution is -2.45. The van der Waals surface area contributed by atoms with Gasteiger partial charge in [0.05, 0.1) is 19.6 Å². The average Bonchev–Trinajstić information content (AvgIpc) is 3.54. The SMILES string of the molecule is CCCCN(CCN)C(=O)CN1C[C@H](c2cc(OC)c3c(c2)OCO3)[C@@H](C(=O)O)[C@@H]1CCc1ccncn1. The molecule has 11 nitrogen and oxygen atoms in total. The van der Waals surface area contributed by atoms with E-state index in [1.165, 1.54) is 6.33 Å². The van der Waals surface area contributed by atoms with Crippen LogP contribution in [0.1, 0.15) is 43.4 Å². The van der Waals surface area contributed by atoms with Crippen molar-refractivity contribution < 1.29 is 28.9 Å². The van der Waals surface area contributed by atoms with Gasteiger partial charge >= 0.3 is 5.97 Å². The number of methoxy groups -OCH3 is 1. The first kappa shape index (κ1) is 27.6. The number of rotatable bonds is 13. The zero-order valence-electron chi connectivity index (χ0n) is 22.0. The second kappa shape index (κ2) is 12.9. The third kappa shape index (κ3) is 6.16. The summed E-state index contributed by atoms with van der Waals surface area (Å²) < 4.78 is 16.7. The van der Waals surface area contributed by atoms with Crippen molar-refractivity contribution in [2.45, 2.75) is 44.6 Å². The number of aryl methyl sites for hydroxylation is 1. The molecule has 1 aromatic heterocycles. The Morgan fingerprint density at radius 2 is 2.13 bits per heavy atom. The minimum Gasteiger partial charge on any atom is -0.493 e. The minimum atomic E-state index is -0.904. The van der Waals surface area contributed by atoms with Crippen molar-refractivity contribution in [3.05, 3.63) is 42.0 Å². The number of carbonyl (C=O) groups is 2. The smallest absolute Gasteiger partial charge is 0.308 e. The van der Waals surface area contributed by atoms with Gasteiger partial charge < -0.3 is 30.0 Å². The number of aromatic nitrogens is 2. The van der Waals surface area contributed by atoms with Crippen molar-refractivity contribution in [3.8, 4) is 17.2 Å². The van der Waals surface area contributed by atoms with E-state index in [-0.39, 0.29) is 31.2 Å². The van der Waals surface area contributed by atoms with E-state index in [0.717, 1.165) is 24.1 Å². The van der Waals surface area contributed by atoms with Crippen LogP contribution in [0.3, 0.4) is 0 Å². The summed E-state index contributed by atoms with van der Waals surface area (Å²) in [5, 5.41) is 10.4. The molecule has 1 amide bonds. The van der Waals surface area contributed by atoms with Crippen LogP contribution in [0.4, 0.5) is 0 Å². The lowest BCUT2D eigenvalue weighted by molar-refractivity contribution is -0.143. The maximum atomic E-state index is 13.4. The molecule has 0 spiro atoms. The first-order valence-electron chi connectivity index (χ1n) is 13.1. The second-order valence-corrected chi connectivity index (χ2v) is 9.69. The van der Waals surface area contributed by atoms with Gasteiger partial charge in [0.2, 0.25) is 18.4 Å². The Bertz CT molecular complexity index is 1100. The first-order chi connectivity index (χ1) is 18.5. The number of unbranched alkanes of at least 4 members (excludes halogenated alkanes) is 1. The minimum absolute atomic E-state index is 0.0380. The maximum absolute atomic E-state index is 13.4. The molecule has 11 heteroatoms. The van der Waals surface area contributed by atoms with Crippen LogP contribution >= 0.6 is 0 Å². The number of hydrogen-bond acceptors (Lipinski definition) is 9. The zero-order valence-corrected chi connectivity index (χ0v) is 22.0. The predicted octanol–water partition coefficient (Wildman–Crippen LogP) is 1.90. The molecule has 1 fully saturated rings. The molecule has 1 aromatic carbocycles. The van der Waals surface area contributed by atoms with E-state index in [4.69, 9.17) is 19.9 Å². The van der Waals surface area contributed by atoms with Gasteiger partial charge in [-0.2, -0.15) is 0 Å². The fourth-order valence-electron chi connectivity index (χ4n) is 5.46. The number of carboxylic acids is 1. The summed E-state index contributed by atoms with van der Waals surface area (Å²) in [6.07, 6.45) is 6.12. The largest absolute Gasteiger partial charge is 0.493 e. The number of fused-ring (bicyclic) bond motifs is 1. The van der Waals surface area contributed by atoms with E-state index in [2.05, 4.69) is 16.9 Å². The van der Waals surface area contributed by atoms with Gasteiger partial charge in [-0.05, 0) is 43.0 Å². The van der Waals surface area contributed by atoms with Crippen molar-refractivity contribution in [1.82, 2.24) is 19.8 Å². The highest BCUT2D eigenvalue weighted by Crippen LogP contribution is 2.47. The van der Waals surface area contributed by atoms with Crippen LogP contribution in [-0.4, -0.2) is 89.4 Å². The van der Waals surface area contributed by atoms with Crippen molar-refractivity contribution in [3.63, 3.8) is 0 Å². The van der Waals surface area contributed by atoms with Gasteiger partial charge in [0.1, 0.15) is 6.33 Å². The third-order valence-electron chi connectivity index (χ3n) is 7.35. The van der Waals surface area contributed by atoms with Gasteiger partial charge in [-0.3, -0.25) is 14.5 Å². The molecule has 0 radical (unpaired) electrons. The maximum Gasteiger partial charge on any atom is 0.308 e. The molecule has 3 heterocycles. The molecule has 3 N–H and O–H groups in total. The molecule has 0 bridgehead atoms. The van der Waals surface area contributed by atoms with E-state index in [9.17, 15) is 14.7 Å². The molecule has 2 aromatic rings. The van der Waals surface area contributed by atoms with Crippen LogP contribution in [0.15, 0.2) is 30.7 Å². The number of nitrogens with two attached hydrogens (primary N) is 1. The number of nitrogens with zero attached hydrogens (tertiary/aromatic N) is 4. The van der Waals surface area contributed by atoms with Crippen molar-refractivity contribution in [1.29, 1.82) is 0 Å². The summed E-state index contributed by atoms with van der Waals surface area (Å²) in [5.74, 6) is -0.514. The van der Waals surface area contributed by atoms with Crippen LogP contribution in [-0.2, 0) is 16.0 Å². The molecule has 0 unspecified atom stereocenters. The van der Waals surface area contributed by atoms with E-state index in [0.29, 0.717) is 56.3 Å². The van der Waals surface area contributed by atoms with Crippen molar-refractivity contribution in [2.75, 3.05) is 46.6 Å². The highest BCUT2D eigenvalue weighted by Gasteiger charge is 2.47. The van der Waals surface area contributed by atoms with Gasteiger partial charge in [-0.1, -0.05) is 13.3 Å². The van der Waals surface area contributed by atoms with E-state index >= 15 is 0 Å². The van der Waals surface area contributed by atoms with Gasteiger partial charge in [-0.25, -0.2) is 9.97 Å². The van der Waals surface area contributed by atoms with E-state index in [1.54, 1.807) is 18.2 Å². The fourth-order valence-corrected chi connectivity index (χ4v) is 5.46. The number of hydrogen-bond donors (Lipinski definition) is 2. The van der Waals surface area contributed by atoms with E-state index in [1.807, 2.05) is 23.1 Å². The second-order valence-electron chi connectivity index (χ2n) is 9.69. The number of benzene rings is 1. The molecule has 0 saturated carbocycles. The Kier molecular flexibility index (Phi) is 9.35. The quantitative estimate of drug-likeness (QED) is 0.397. The average molecular weight is 528 g/mol. The van der Waals surface area contributed by atoms with Gasteiger partial charge in [0.15, 0.2) is 11.5 Å². The number of amides is 1. The highest BCUT2D eigenvalue weighted by molar-refractivity contribution is 5.79. The molecular formula is C27H37N5O6. The van der Waals surface area contributed by atoms with Crippen molar-refractivity contribution in [2.24, 2.45) is 11.7 Å². The molecule has 2 aliphatic heterocycles. The van der Waals surface area contributed by atoms with Crippen LogP contribution in [0, 0.1) is 5.92 Å². The molecule has 0 aliphatic carbocycles. The molecule has 1 saturated heterocycles. The topological polar surface area (TPSA) is 140 Å². The monoisotopic (exact) mass is 527 g/mol. The Morgan fingerprint density at radius 3 is 2.82 bits per heavy atom. The predicted molar refractivity (Wildman–Crippen MR) is 139 cm³/mol. The fraction of sp³-hybridized carbons (Fsp3) is 0.556. The molecule has 38 heavy (non-hydrogen) atoms. The summed E-state index contributed by atoms with van der Waals surface area (Å²) in [6.45, 7) is 4.18. The Hall–Kier alpha value is -3.44. The van der Waals surface area contributed by atoms with Crippen LogP contribution in [0.5, 0.6) is 17.2 Å². The van der Waals surface area contributed by atoms with Crippen LogP contribution in [0.25, 0.3) is 0 Å². The molecular weight excluding hydrogens is 490 g/mol. The number of carboxylic acid groups (broad SMARTS) is 1. The summed E-state index contributed by atoms with van der Waals surface area (Å²) in [4.78, 5) is 38.2. The standard InChI is InChI=1S/C27H37N5O6/c1-3-4-10-31(11-8-28)24(33)15-32-14-20(18-12-22(36-2)26-23(13-18)37-17-38-26)25(27(34)35)21(32)6-5-19-7-9-29-16-30-19/h7,9,12-13,16,20-21,25H,3-6,8,10-11,14-15,17,28H2,1-2H3,(H,34,35)/t20-,21+,25-/m1/s1. The number of likely N-dealkylation sites (tertiary alicyclic amines) is 1. The van der Waals surface area contributed by atoms with Crippen LogP contribution < -0.4 is 19.9 Å². The third-order valence-corrected chi connectivity index (χ3v) is 7.35. The summed E-state index contributed by atoms with van der Waals surface area (Å²) in [6, 6.07) is 5.11. The highest BCUT2D eigenvalue weighted by atomic mass is 16.7. The number of aliphatic carboxylic acids is 1. The molecule has 2 aliphatic rings.